The Hall–Kier alpha value is -3.07. The molecule has 0 radical (unpaired) electrons. The molecule has 4 N–H and O–H groups in total. The maximum absolute atomic E-state index is 13.8. The zero-order valence-corrected chi connectivity index (χ0v) is 22.6. The lowest BCUT2D eigenvalue weighted by Crippen LogP contribution is -2.51. The van der Waals surface area contributed by atoms with Gasteiger partial charge in [0.2, 0.25) is 11.8 Å². The van der Waals surface area contributed by atoms with Crippen molar-refractivity contribution in [2.45, 2.75) is 82.8 Å². The summed E-state index contributed by atoms with van der Waals surface area (Å²) >= 11 is 6.11. The van der Waals surface area contributed by atoms with Crippen molar-refractivity contribution in [3.05, 3.63) is 35.0 Å². The van der Waals surface area contributed by atoms with Crippen molar-refractivity contribution in [3.63, 3.8) is 0 Å². The Balaban J connectivity index is 1.38. The lowest BCUT2D eigenvalue weighted by Gasteiger charge is -2.32. The van der Waals surface area contributed by atoms with Gasteiger partial charge in [-0.25, -0.2) is 4.79 Å². The number of aromatic nitrogens is 1. The largest absolute Gasteiger partial charge is 0.480 e. The summed E-state index contributed by atoms with van der Waals surface area (Å²) < 4.78 is 0. The van der Waals surface area contributed by atoms with E-state index in [9.17, 15) is 24.3 Å². The average Bonchev–Trinajstić information content (AvgIpc) is 3.51. The van der Waals surface area contributed by atoms with Crippen LogP contribution >= 0.6 is 11.6 Å². The molecule has 1 spiro atoms. The van der Waals surface area contributed by atoms with Crippen molar-refractivity contribution in [1.29, 1.82) is 0 Å². The highest BCUT2D eigenvalue weighted by molar-refractivity contribution is 6.31. The minimum atomic E-state index is -1.22. The predicted octanol–water partition coefficient (Wildman–Crippen LogP) is 3.86. The van der Waals surface area contributed by atoms with Crippen molar-refractivity contribution < 1.29 is 24.3 Å². The van der Waals surface area contributed by atoms with E-state index in [4.69, 9.17) is 11.6 Å². The number of nitrogens with zero attached hydrogens (tertiary/aromatic N) is 1. The Morgan fingerprint density at radius 2 is 1.89 bits per heavy atom. The van der Waals surface area contributed by atoms with Gasteiger partial charge in [0.25, 0.3) is 5.91 Å². The second-order valence-corrected chi connectivity index (χ2v) is 12.5. The van der Waals surface area contributed by atoms with Gasteiger partial charge in [0.1, 0.15) is 17.8 Å². The number of fused-ring (bicyclic) bond motifs is 1. The maximum atomic E-state index is 13.8. The molecule has 204 valence electrons. The first-order valence-corrected chi connectivity index (χ1v) is 13.8. The van der Waals surface area contributed by atoms with Crippen LogP contribution in [0.2, 0.25) is 5.02 Å². The van der Waals surface area contributed by atoms with Crippen LogP contribution in [0.15, 0.2) is 24.3 Å². The molecule has 38 heavy (non-hydrogen) atoms. The molecule has 9 nitrogen and oxygen atoms in total. The lowest BCUT2D eigenvalue weighted by atomic mass is 9.72. The standard InChI is InChI=1S/C28H35ClN4O5/c1-27(2)13-17(23(34)32-27)11-21(26(37)38)31-24(35)22-14-28(8-4-3-5-9-28)15-33(22)25(36)20-10-16-6-7-18(29)12-19(16)30-20/h6-7,10,12,17,21-22,30H,3-5,8-9,11,13-15H2,1-2H3,(H,31,35)(H,32,34)(H,37,38)/t17-,21+,22+/m1/s1. The summed E-state index contributed by atoms with van der Waals surface area (Å²) in [6.07, 6.45) is 6.09. The Morgan fingerprint density at radius 1 is 1.16 bits per heavy atom. The normalized spacial score (nSPS) is 24.9. The van der Waals surface area contributed by atoms with Crippen molar-refractivity contribution in [2.24, 2.45) is 11.3 Å². The number of rotatable bonds is 6. The molecule has 2 aromatic rings. The highest BCUT2D eigenvalue weighted by Gasteiger charge is 2.50. The van der Waals surface area contributed by atoms with E-state index in [0.29, 0.717) is 30.1 Å². The van der Waals surface area contributed by atoms with Gasteiger partial charge in [0, 0.05) is 33.9 Å². The summed E-state index contributed by atoms with van der Waals surface area (Å²) in [4.78, 5) is 56.7. The first-order valence-electron chi connectivity index (χ1n) is 13.4. The lowest BCUT2D eigenvalue weighted by molar-refractivity contribution is -0.143. The number of aromatic amines is 1. The van der Waals surface area contributed by atoms with Gasteiger partial charge in [-0.3, -0.25) is 14.4 Å². The summed E-state index contributed by atoms with van der Waals surface area (Å²) in [7, 11) is 0. The zero-order chi connectivity index (χ0) is 27.2. The minimum Gasteiger partial charge on any atom is -0.480 e. The summed E-state index contributed by atoms with van der Waals surface area (Å²) in [5.74, 6) is -2.66. The highest BCUT2D eigenvalue weighted by Crippen LogP contribution is 2.47. The smallest absolute Gasteiger partial charge is 0.326 e. The van der Waals surface area contributed by atoms with Gasteiger partial charge in [0.05, 0.1) is 0 Å². The molecule has 10 heteroatoms. The fourth-order valence-electron chi connectivity index (χ4n) is 6.70. The van der Waals surface area contributed by atoms with Crippen LogP contribution in [0, 0.1) is 11.3 Å². The highest BCUT2D eigenvalue weighted by atomic mass is 35.5. The molecule has 2 aliphatic heterocycles. The monoisotopic (exact) mass is 542 g/mol. The second-order valence-electron chi connectivity index (χ2n) is 12.0. The van der Waals surface area contributed by atoms with E-state index in [1.165, 1.54) is 0 Å². The fraction of sp³-hybridized carbons (Fsp3) is 0.571. The van der Waals surface area contributed by atoms with E-state index in [2.05, 4.69) is 15.6 Å². The third kappa shape index (κ3) is 5.25. The van der Waals surface area contributed by atoms with Gasteiger partial charge in [-0.15, -0.1) is 0 Å². The Labute approximate surface area is 226 Å². The second kappa shape index (κ2) is 9.91. The third-order valence-corrected chi connectivity index (χ3v) is 8.76. The van der Waals surface area contributed by atoms with Gasteiger partial charge in [0.15, 0.2) is 0 Å². The number of benzene rings is 1. The molecule has 1 aromatic heterocycles. The quantitative estimate of drug-likeness (QED) is 0.440. The van der Waals surface area contributed by atoms with Crippen molar-refractivity contribution in [3.8, 4) is 0 Å². The molecule has 2 saturated heterocycles. The fourth-order valence-corrected chi connectivity index (χ4v) is 6.87. The first kappa shape index (κ1) is 26.5. The minimum absolute atomic E-state index is 0.00488. The molecule has 1 saturated carbocycles. The average molecular weight is 543 g/mol. The maximum Gasteiger partial charge on any atom is 0.326 e. The molecule has 1 aliphatic carbocycles. The van der Waals surface area contributed by atoms with Crippen LogP contribution in [-0.4, -0.2) is 62.8 Å². The molecule has 3 aliphatic rings. The van der Waals surface area contributed by atoms with Crippen LogP contribution in [0.4, 0.5) is 0 Å². The van der Waals surface area contributed by atoms with Gasteiger partial charge in [-0.05, 0) is 69.6 Å². The van der Waals surface area contributed by atoms with E-state index in [1.54, 1.807) is 23.1 Å². The van der Waals surface area contributed by atoms with E-state index < -0.39 is 35.4 Å². The molecule has 3 fully saturated rings. The number of likely N-dealkylation sites (tertiary alicyclic amines) is 1. The summed E-state index contributed by atoms with van der Waals surface area (Å²) in [5.41, 5.74) is 0.532. The van der Waals surface area contributed by atoms with E-state index in [0.717, 1.165) is 43.0 Å². The number of carboxylic acid groups (broad SMARTS) is 1. The molecular formula is C28H35ClN4O5. The number of hydrogen-bond acceptors (Lipinski definition) is 4. The number of H-pyrrole nitrogens is 1. The third-order valence-electron chi connectivity index (χ3n) is 8.52. The number of hydrogen-bond donors (Lipinski definition) is 4. The van der Waals surface area contributed by atoms with Crippen LogP contribution < -0.4 is 10.6 Å². The summed E-state index contributed by atoms with van der Waals surface area (Å²) in [6, 6.07) is 5.10. The number of carboxylic acids is 1. The molecule has 0 bridgehead atoms. The van der Waals surface area contributed by atoms with Crippen LogP contribution in [0.1, 0.15) is 75.7 Å². The first-order chi connectivity index (χ1) is 18.0. The number of carbonyl (C=O) groups is 4. The summed E-state index contributed by atoms with van der Waals surface area (Å²) in [5, 5.41) is 16.9. The molecular weight excluding hydrogens is 508 g/mol. The van der Waals surface area contributed by atoms with Gasteiger partial charge >= 0.3 is 5.97 Å². The zero-order valence-electron chi connectivity index (χ0n) is 21.8. The topological polar surface area (TPSA) is 132 Å². The number of nitrogens with one attached hydrogen (secondary N) is 3. The van der Waals surface area contributed by atoms with Crippen LogP contribution in [0.3, 0.4) is 0 Å². The Morgan fingerprint density at radius 3 is 2.55 bits per heavy atom. The molecule has 0 unspecified atom stereocenters. The van der Waals surface area contributed by atoms with E-state index in [1.807, 2.05) is 19.9 Å². The van der Waals surface area contributed by atoms with Crippen LogP contribution in [0.5, 0.6) is 0 Å². The van der Waals surface area contributed by atoms with Gasteiger partial charge in [-0.2, -0.15) is 0 Å². The Bertz CT molecular complexity index is 1280. The van der Waals surface area contributed by atoms with Crippen molar-refractivity contribution >= 4 is 46.2 Å². The summed E-state index contributed by atoms with van der Waals surface area (Å²) in [6.45, 7) is 4.24. The molecule has 3 amide bonds. The number of halogens is 1. The van der Waals surface area contributed by atoms with Gasteiger partial charge < -0.3 is 25.6 Å². The van der Waals surface area contributed by atoms with Crippen LogP contribution in [-0.2, 0) is 14.4 Å². The number of aliphatic carboxylic acids is 1. The van der Waals surface area contributed by atoms with Crippen molar-refractivity contribution in [2.75, 3.05) is 6.54 Å². The van der Waals surface area contributed by atoms with Crippen LogP contribution in [0.25, 0.3) is 10.9 Å². The SMILES string of the molecule is CC1(C)C[C@@H](C[C@H](NC(=O)[C@@H]2CC3(CCCCC3)CN2C(=O)c2cc3ccc(Cl)cc3[nH]2)C(=O)O)C(=O)N1. The molecule has 3 heterocycles. The number of carbonyl (C=O) groups excluding carboxylic acids is 3. The Kier molecular flexibility index (Phi) is 6.92. The van der Waals surface area contributed by atoms with Gasteiger partial charge in [-0.1, -0.05) is 36.9 Å². The molecule has 3 atom stereocenters. The van der Waals surface area contributed by atoms with E-state index >= 15 is 0 Å². The van der Waals surface area contributed by atoms with E-state index in [-0.39, 0.29) is 23.7 Å². The predicted molar refractivity (Wildman–Crippen MR) is 143 cm³/mol. The number of amides is 3. The van der Waals surface area contributed by atoms with Crippen molar-refractivity contribution in [1.82, 2.24) is 20.5 Å². The molecule has 5 rings (SSSR count). The molecule has 1 aromatic carbocycles.